The van der Waals surface area contributed by atoms with Crippen LogP contribution in [0.3, 0.4) is 0 Å². The van der Waals surface area contributed by atoms with E-state index >= 15 is 0 Å². The van der Waals surface area contributed by atoms with Gasteiger partial charge in [0.05, 0.1) is 5.16 Å². The zero-order chi connectivity index (χ0) is 8.27. The van der Waals surface area contributed by atoms with E-state index in [1.165, 1.54) is 0 Å². The van der Waals surface area contributed by atoms with Gasteiger partial charge in [-0.15, -0.1) is 0 Å². The molecule has 0 unspecified atom stereocenters. The van der Waals surface area contributed by atoms with Crippen molar-refractivity contribution in [3.8, 4) is 0 Å². The molecule has 1 aromatic rings. The van der Waals surface area contributed by atoms with Gasteiger partial charge in [-0.25, -0.2) is 9.97 Å². The summed E-state index contributed by atoms with van der Waals surface area (Å²) in [5.74, 6) is 1.28. The van der Waals surface area contributed by atoms with Crippen LogP contribution in [0.25, 0.3) is 0 Å². The highest BCUT2D eigenvalue weighted by molar-refractivity contribution is 7.78. The Labute approximate surface area is 70.2 Å². The maximum atomic E-state index is 4.44. The summed E-state index contributed by atoms with van der Waals surface area (Å²) in [6.45, 7) is 3.70. The number of nitrogens with zero attached hydrogens (tertiary/aromatic N) is 3. The first-order chi connectivity index (χ1) is 5.22. The third kappa shape index (κ3) is 2.18. The van der Waals surface area contributed by atoms with Crippen LogP contribution in [0.4, 0.5) is 5.82 Å². The molecule has 0 aliphatic rings. The quantitative estimate of drug-likeness (QED) is 0.470. The number of rotatable bonds is 1. The molecule has 0 bridgehead atoms. The Balaban J connectivity index is 3.18. The zero-order valence-corrected chi connectivity index (χ0v) is 7.14. The number of aliphatic imine (C=N–C) groups is 1. The summed E-state index contributed by atoms with van der Waals surface area (Å²) in [4.78, 5) is 11.8. The van der Waals surface area contributed by atoms with Crippen LogP contribution in [0.15, 0.2) is 11.1 Å². The van der Waals surface area contributed by atoms with Crippen LogP contribution >= 0.6 is 12.2 Å². The van der Waals surface area contributed by atoms with Gasteiger partial charge in [0.25, 0.3) is 0 Å². The number of hydrogen-bond acceptors (Lipinski definition) is 4. The Kier molecular flexibility index (Phi) is 2.41. The third-order valence-electron chi connectivity index (χ3n) is 1.11. The first kappa shape index (κ1) is 7.98. The molecule has 0 radical (unpaired) electrons. The molecule has 0 N–H and O–H groups in total. The standard InChI is InChI=1S/C7H7N3S/c1-5-3-7(8-4-11)10-6(2)9-5/h3H,1-2H3. The van der Waals surface area contributed by atoms with E-state index in [0.29, 0.717) is 11.6 Å². The molecule has 0 atom stereocenters. The smallest absolute Gasteiger partial charge is 0.166 e. The van der Waals surface area contributed by atoms with Gasteiger partial charge < -0.3 is 0 Å². The summed E-state index contributed by atoms with van der Waals surface area (Å²) < 4.78 is 0. The summed E-state index contributed by atoms with van der Waals surface area (Å²) in [6, 6.07) is 1.76. The minimum absolute atomic E-state index is 0.574. The van der Waals surface area contributed by atoms with Crippen molar-refractivity contribution >= 4 is 23.2 Å². The van der Waals surface area contributed by atoms with Crippen molar-refractivity contribution in [2.75, 3.05) is 0 Å². The normalized spacial score (nSPS) is 8.91. The predicted octanol–water partition coefficient (Wildman–Crippen LogP) is 1.83. The number of aromatic nitrogens is 2. The van der Waals surface area contributed by atoms with Crippen molar-refractivity contribution in [3.63, 3.8) is 0 Å². The number of aryl methyl sites for hydroxylation is 2. The lowest BCUT2D eigenvalue weighted by molar-refractivity contribution is 1.01. The van der Waals surface area contributed by atoms with Crippen LogP contribution in [-0.2, 0) is 0 Å². The third-order valence-corrected chi connectivity index (χ3v) is 1.20. The van der Waals surface area contributed by atoms with E-state index in [1.807, 2.05) is 13.8 Å². The van der Waals surface area contributed by atoms with Crippen molar-refractivity contribution in [1.29, 1.82) is 0 Å². The van der Waals surface area contributed by atoms with Gasteiger partial charge in [-0.2, -0.15) is 4.99 Å². The molecule has 0 aliphatic heterocycles. The zero-order valence-electron chi connectivity index (χ0n) is 6.33. The Morgan fingerprint density at radius 1 is 1.45 bits per heavy atom. The van der Waals surface area contributed by atoms with E-state index in [4.69, 9.17) is 0 Å². The minimum Gasteiger partial charge on any atom is -0.238 e. The van der Waals surface area contributed by atoms with Crippen LogP contribution in [0.2, 0.25) is 0 Å². The van der Waals surface area contributed by atoms with E-state index in [1.54, 1.807) is 6.07 Å². The summed E-state index contributed by atoms with van der Waals surface area (Å²) in [5, 5.41) is 2.26. The Morgan fingerprint density at radius 2 is 2.18 bits per heavy atom. The molecule has 56 valence electrons. The Hall–Kier alpha value is -1.12. The van der Waals surface area contributed by atoms with Crippen molar-refractivity contribution in [2.24, 2.45) is 4.99 Å². The molecule has 0 aromatic carbocycles. The molecule has 0 fully saturated rings. The summed E-state index contributed by atoms with van der Waals surface area (Å²) in [5.41, 5.74) is 0.890. The number of hydrogen-bond donors (Lipinski definition) is 0. The molecule has 0 saturated heterocycles. The van der Waals surface area contributed by atoms with E-state index in [2.05, 4.69) is 32.3 Å². The molecule has 0 spiro atoms. The molecular formula is C7H7N3S. The fourth-order valence-electron chi connectivity index (χ4n) is 0.801. The van der Waals surface area contributed by atoms with E-state index in [0.717, 1.165) is 5.69 Å². The first-order valence-electron chi connectivity index (χ1n) is 3.12. The van der Waals surface area contributed by atoms with Crippen LogP contribution in [0.5, 0.6) is 0 Å². The van der Waals surface area contributed by atoms with E-state index < -0.39 is 0 Å². The summed E-state index contributed by atoms with van der Waals surface area (Å²) in [6.07, 6.45) is 0. The van der Waals surface area contributed by atoms with Gasteiger partial charge in [-0.1, -0.05) is 0 Å². The summed E-state index contributed by atoms with van der Waals surface area (Å²) in [7, 11) is 0. The van der Waals surface area contributed by atoms with Crippen molar-refractivity contribution in [1.82, 2.24) is 9.97 Å². The average Bonchev–Trinajstić information content (AvgIpc) is 1.85. The number of isothiocyanates is 1. The molecular weight excluding hydrogens is 158 g/mol. The second kappa shape index (κ2) is 3.32. The lowest BCUT2D eigenvalue weighted by atomic mass is 10.4. The van der Waals surface area contributed by atoms with Gasteiger partial charge >= 0.3 is 0 Å². The van der Waals surface area contributed by atoms with Crippen LogP contribution < -0.4 is 0 Å². The second-order valence-corrected chi connectivity index (χ2v) is 2.30. The van der Waals surface area contributed by atoms with Gasteiger partial charge in [-0.05, 0) is 26.1 Å². The van der Waals surface area contributed by atoms with Gasteiger partial charge in [0.2, 0.25) is 0 Å². The maximum Gasteiger partial charge on any atom is 0.166 e. The van der Waals surface area contributed by atoms with Gasteiger partial charge in [0, 0.05) is 11.8 Å². The number of thiocarbonyl (C=S) groups is 1. The molecule has 1 rings (SSSR count). The topological polar surface area (TPSA) is 38.1 Å². The fourth-order valence-corrected chi connectivity index (χ4v) is 0.895. The van der Waals surface area contributed by atoms with Crippen molar-refractivity contribution in [2.45, 2.75) is 13.8 Å². The van der Waals surface area contributed by atoms with Crippen LogP contribution in [0, 0.1) is 13.8 Å². The summed E-state index contributed by atoms with van der Waals surface area (Å²) >= 11 is 4.44. The van der Waals surface area contributed by atoms with E-state index in [9.17, 15) is 0 Å². The predicted molar refractivity (Wildman–Crippen MR) is 46.2 cm³/mol. The Bertz CT molecular complexity index is 295. The van der Waals surface area contributed by atoms with Crippen molar-refractivity contribution in [3.05, 3.63) is 17.6 Å². The molecule has 3 nitrogen and oxygen atoms in total. The Morgan fingerprint density at radius 3 is 2.73 bits per heavy atom. The largest absolute Gasteiger partial charge is 0.238 e. The highest BCUT2D eigenvalue weighted by atomic mass is 32.1. The molecule has 0 saturated carbocycles. The maximum absolute atomic E-state index is 4.44. The lowest BCUT2D eigenvalue weighted by Gasteiger charge is -1.94. The highest BCUT2D eigenvalue weighted by Crippen LogP contribution is 2.07. The second-order valence-electron chi connectivity index (χ2n) is 2.12. The van der Waals surface area contributed by atoms with Gasteiger partial charge in [-0.3, -0.25) is 0 Å². The highest BCUT2D eigenvalue weighted by Gasteiger charge is 1.94. The molecule has 1 aromatic heterocycles. The molecule has 4 heteroatoms. The van der Waals surface area contributed by atoms with Gasteiger partial charge in [0.1, 0.15) is 5.82 Å². The van der Waals surface area contributed by atoms with E-state index in [-0.39, 0.29) is 0 Å². The molecule has 1 heterocycles. The monoisotopic (exact) mass is 165 g/mol. The van der Waals surface area contributed by atoms with Crippen LogP contribution in [-0.4, -0.2) is 15.1 Å². The SMILES string of the molecule is Cc1cc(N=C=S)nc(C)n1. The fraction of sp³-hybridized carbons (Fsp3) is 0.286. The van der Waals surface area contributed by atoms with Crippen LogP contribution in [0.1, 0.15) is 11.5 Å². The first-order valence-corrected chi connectivity index (χ1v) is 3.53. The molecule has 0 aliphatic carbocycles. The minimum atomic E-state index is 0.574. The molecule has 11 heavy (non-hydrogen) atoms. The van der Waals surface area contributed by atoms with Crippen molar-refractivity contribution < 1.29 is 0 Å². The molecule has 0 amide bonds. The lowest BCUT2D eigenvalue weighted by Crippen LogP contribution is -1.89. The van der Waals surface area contributed by atoms with Gasteiger partial charge in [0.15, 0.2) is 5.82 Å². The average molecular weight is 165 g/mol.